The molecular formula is C7H16NO3S+. The van der Waals surface area contributed by atoms with Crippen LogP contribution in [0.25, 0.3) is 0 Å². The van der Waals surface area contributed by atoms with Crippen LogP contribution in [-0.2, 0) is 14.3 Å². The molecule has 1 aliphatic heterocycles. The normalized spacial score (nSPS) is 22.8. The van der Waals surface area contributed by atoms with Crippen molar-refractivity contribution >= 4 is 10.1 Å². The average molecular weight is 194 g/mol. The van der Waals surface area contributed by atoms with Crippen LogP contribution in [-0.4, -0.2) is 46.0 Å². The van der Waals surface area contributed by atoms with Gasteiger partial charge in [0.2, 0.25) is 6.73 Å². The van der Waals surface area contributed by atoms with E-state index in [-0.39, 0.29) is 0 Å². The van der Waals surface area contributed by atoms with Crippen LogP contribution in [0.1, 0.15) is 12.8 Å². The molecule has 1 fully saturated rings. The highest BCUT2D eigenvalue weighted by atomic mass is 32.2. The first-order valence-corrected chi connectivity index (χ1v) is 5.91. The lowest BCUT2D eigenvalue weighted by molar-refractivity contribution is -0.912. The zero-order valence-corrected chi connectivity index (χ0v) is 8.43. The number of quaternary nitrogens is 1. The minimum absolute atomic E-state index is 0.291. The highest BCUT2D eigenvalue weighted by Crippen LogP contribution is 2.16. The molecule has 12 heavy (non-hydrogen) atoms. The molecule has 0 radical (unpaired) electrons. The van der Waals surface area contributed by atoms with Crippen LogP contribution < -0.4 is 0 Å². The Bertz CT molecular complexity index is 241. The van der Waals surface area contributed by atoms with Crippen molar-refractivity contribution in [3.63, 3.8) is 0 Å². The SMILES string of the molecule is C[N+]1(COS(C)(=O)=O)CCCC1. The summed E-state index contributed by atoms with van der Waals surface area (Å²) in [6.45, 7) is 2.34. The van der Waals surface area contributed by atoms with Gasteiger partial charge in [0.1, 0.15) is 0 Å². The Balaban J connectivity index is 2.41. The summed E-state index contributed by atoms with van der Waals surface area (Å²) >= 11 is 0. The van der Waals surface area contributed by atoms with Gasteiger partial charge in [-0.2, -0.15) is 8.42 Å². The molecule has 0 atom stereocenters. The Kier molecular flexibility index (Phi) is 2.75. The topological polar surface area (TPSA) is 43.4 Å². The van der Waals surface area contributed by atoms with Crippen molar-refractivity contribution < 1.29 is 17.1 Å². The monoisotopic (exact) mass is 194 g/mol. The highest BCUT2D eigenvalue weighted by Gasteiger charge is 2.28. The molecule has 1 rings (SSSR count). The highest BCUT2D eigenvalue weighted by molar-refractivity contribution is 7.85. The van der Waals surface area contributed by atoms with Gasteiger partial charge in [0, 0.05) is 12.8 Å². The Morgan fingerprint density at radius 3 is 2.25 bits per heavy atom. The number of hydrogen-bond acceptors (Lipinski definition) is 3. The first kappa shape index (κ1) is 9.95. The maximum atomic E-state index is 10.7. The van der Waals surface area contributed by atoms with E-state index in [1.54, 1.807) is 0 Å². The molecule has 0 aliphatic carbocycles. The van der Waals surface area contributed by atoms with Crippen LogP contribution in [0.4, 0.5) is 0 Å². The Morgan fingerprint density at radius 2 is 1.83 bits per heavy atom. The van der Waals surface area contributed by atoms with Gasteiger partial charge < -0.3 is 4.48 Å². The third-order valence-electron chi connectivity index (χ3n) is 2.22. The molecule has 0 unspecified atom stereocenters. The van der Waals surface area contributed by atoms with Crippen LogP contribution in [0, 0.1) is 0 Å². The molecule has 0 aromatic heterocycles. The van der Waals surface area contributed by atoms with Crippen LogP contribution in [0.5, 0.6) is 0 Å². The first-order chi connectivity index (χ1) is 5.41. The molecule has 0 bridgehead atoms. The van der Waals surface area contributed by atoms with Crippen molar-refractivity contribution in [2.24, 2.45) is 0 Å². The van der Waals surface area contributed by atoms with E-state index >= 15 is 0 Å². The van der Waals surface area contributed by atoms with Crippen molar-refractivity contribution in [2.75, 3.05) is 33.1 Å². The minimum Gasteiger partial charge on any atom is -0.302 e. The second kappa shape index (κ2) is 3.32. The quantitative estimate of drug-likeness (QED) is 0.475. The zero-order valence-electron chi connectivity index (χ0n) is 7.62. The molecule has 4 nitrogen and oxygen atoms in total. The number of hydrogen-bond donors (Lipinski definition) is 0. The van der Waals surface area contributed by atoms with Gasteiger partial charge in [0.05, 0.1) is 26.4 Å². The fourth-order valence-corrected chi connectivity index (χ4v) is 1.90. The predicted octanol–water partition coefficient (Wildman–Crippen LogP) is 0.160. The lowest BCUT2D eigenvalue weighted by Crippen LogP contribution is -2.43. The van der Waals surface area contributed by atoms with Gasteiger partial charge in [-0.25, -0.2) is 4.18 Å². The van der Waals surface area contributed by atoms with Crippen LogP contribution in [0.3, 0.4) is 0 Å². The van der Waals surface area contributed by atoms with Crippen molar-refractivity contribution in [3.8, 4) is 0 Å². The summed E-state index contributed by atoms with van der Waals surface area (Å²) in [4.78, 5) is 0. The fourth-order valence-electron chi connectivity index (χ4n) is 1.45. The minimum atomic E-state index is -3.27. The van der Waals surface area contributed by atoms with E-state index in [1.807, 2.05) is 7.05 Å². The lowest BCUT2D eigenvalue weighted by Gasteiger charge is -2.27. The third-order valence-corrected chi connectivity index (χ3v) is 2.76. The van der Waals surface area contributed by atoms with Crippen LogP contribution >= 0.6 is 0 Å². The number of likely N-dealkylation sites (tertiary alicyclic amines) is 1. The third kappa shape index (κ3) is 3.08. The van der Waals surface area contributed by atoms with E-state index in [0.717, 1.165) is 23.8 Å². The van der Waals surface area contributed by atoms with E-state index in [9.17, 15) is 8.42 Å². The second-order valence-electron chi connectivity index (χ2n) is 3.72. The van der Waals surface area contributed by atoms with Crippen LogP contribution in [0.15, 0.2) is 0 Å². The molecule has 1 aliphatic rings. The number of nitrogens with zero attached hydrogens (tertiary/aromatic N) is 1. The standard InChI is InChI=1S/C7H16NO3S/c1-8(5-3-4-6-8)7-11-12(2,9)10/h3-7H2,1-2H3/q+1. The summed E-state index contributed by atoms with van der Waals surface area (Å²) in [7, 11) is -1.24. The molecule has 72 valence electrons. The van der Waals surface area contributed by atoms with Crippen molar-refractivity contribution in [3.05, 3.63) is 0 Å². The summed E-state index contributed by atoms with van der Waals surface area (Å²) < 4.78 is 26.9. The summed E-state index contributed by atoms with van der Waals surface area (Å²) in [5.41, 5.74) is 0. The Morgan fingerprint density at radius 1 is 1.33 bits per heavy atom. The van der Waals surface area contributed by atoms with E-state index in [0.29, 0.717) is 6.73 Å². The van der Waals surface area contributed by atoms with Crippen molar-refractivity contribution in [1.82, 2.24) is 0 Å². The molecule has 0 amide bonds. The average Bonchev–Trinajstić information content (AvgIpc) is 2.32. The van der Waals surface area contributed by atoms with Crippen molar-refractivity contribution in [1.29, 1.82) is 0 Å². The smallest absolute Gasteiger partial charge is 0.268 e. The van der Waals surface area contributed by atoms with E-state index in [2.05, 4.69) is 0 Å². The fraction of sp³-hybridized carbons (Fsp3) is 1.00. The molecule has 5 heteroatoms. The van der Waals surface area contributed by atoms with Crippen molar-refractivity contribution in [2.45, 2.75) is 12.8 Å². The summed E-state index contributed by atoms with van der Waals surface area (Å²) in [5.74, 6) is 0. The first-order valence-electron chi connectivity index (χ1n) is 4.09. The molecule has 0 aromatic carbocycles. The van der Waals surface area contributed by atoms with E-state index < -0.39 is 10.1 Å². The van der Waals surface area contributed by atoms with E-state index in [1.165, 1.54) is 12.8 Å². The molecule has 0 spiro atoms. The van der Waals surface area contributed by atoms with E-state index in [4.69, 9.17) is 4.18 Å². The maximum absolute atomic E-state index is 10.7. The number of rotatable bonds is 3. The van der Waals surface area contributed by atoms with Gasteiger partial charge in [0.15, 0.2) is 0 Å². The predicted molar refractivity (Wildman–Crippen MR) is 45.9 cm³/mol. The summed E-state index contributed by atoms with van der Waals surface area (Å²) in [5, 5.41) is 0. The molecule has 0 N–H and O–H groups in total. The summed E-state index contributed by atoms with van der Waals surface area (Å²) in [6.07, 6.45) is 3.43. The maximum Gasteiger partial charge on any atom is 0.268 e. The second-order valence-corrected chi connectivity index (χ2v) is 5.37. The zero-order chi connectivity index (χ0) is 9.24. The molecular weight excluding hydrogens is 178 g/mol. The van der Waals surface area contributed by atoms with Gasteiger partial charge in [0.25, 0.3) is 10.1 Å². The van der Waals surface area contributed by atoms with Crippen LogP contribution in [0.2, 0.25) is 0 Å². The van der Waals surface area contributed by atoms with Gasteiger partial charge in [-0.1, -0.05) is 0 Å². The molecule has 1 heterocycles. The molecule has 0 saturated carbocycles. The molecule has 0 aromatic rings. The van der Waals surface area contributed by atoms with Gasteiger partial charge >= 0.3 is 0 Å². The largest absolute Gasteiger partial charge is 0.302 e. The lowest BCUT2D eigenvalue weighted by atomic mass is 10.4. The van der Waals surface area contributed by atoms with Gasteiger partial charge in [-0.05, 0) is 0 Å². The summed E-state index contributed by atoms with van der Waals surface area (Å²) in [6, 6.07) is 0. The van der Waals surface area contributed by atoms with Gasteiger partial charge in [-0.3, -0.25) is 0 Å². The Labute approximate surface area is 73.8 Å². The molecule has 1 saturated heterocycles. The van der Waals surface area contributed by atoms with Gasteiger partial charge in [-0.15, -0.1) is 0 Å². The Hall–Kier alpha value is -0.130.